The summed E-state index contributed by atoms with van der Waals surface area (Å²) >= 11 is 1.35. The van der Waals surface area contributed by atoms with E-state index in [1.165, 1.54) is 11.8 Å². The first-order valence-corrected chi connectivity index (χ1v) is 5.73. The zero-order valence-corrected chi connectivity index (χ0v) is 10.3. The molecule has 0 aliphatic heterocycles. The molecule has 0 saturated heterocycles. The van der Waals surface area contributed by atoms with Gasteiger partial charge < -0.3 is 10.2 Å². The minimum Gasteiger partial charge on any atom is -0.436 e. The van der Waals surface area contributed by atoms with Crippen LogP contribution >= 0.6 is 11.8 Å². The lowest BCUT2D eigenvalue weighted by molar-refractivity contribution is 0.431. The van der Waals surface area contributed by atoms with E-state index in [0.29, 0.717) is 10.9 Å². The van der Waals surface area contributed by atoms with E-state index in [1.54, 1.807) is 0 Å². The highest BCUT2D eigenvalue weighted by atomic mass is 32.2. The van der Waals surface area contributed by atoms with Crippen molar-refractivity contribution in [3.05, 3.63) is 29.3 Å². The van der Waals surface area contributed by atoms with Gasteiger partial charge in [0.2, 0.25) is 0 Å². The van der Waals surface area contributed by atoms with Crippen LogP contribution in [0.5, 0.6) is 0 Å². The molecule has 0 bridgehead atoms. The Balaban J connectivity index is 2.29. The van der Waals surface area contributed by atoms with E-state index >= 15 is 0 Å². The molecule has 4 nitrogen and oxygen atoms in total. The molecular weight excluding hydrogens is 222 g/mol. The zero-order valence-electron chi connectivity index (χ0n) is 9.44. The maximum Gasteiger partial charge on any atom is 0.262 e. The molecular formula is C11H13N3OS. The van der Waals surface area contributed by atoms with Gasteiger partial charge in [-0.15, -0.1) is 0 Å². The van der Waals surface area contributed by atoms with Crippen molar-refractivity contribution in [3.63, 3.8) is 0 Å². The van der Waals surface area contributed by atoms with E-state index in [1.807, 2.05) is 32.9 Å². The number of rotatable bonds is 2. The van der Waals surface area contributed by atoms with Gasteiger partial charge in [0.05, 0.1) is 11.4 Å². The third-order valence-corrected chi connectivity index (χ3v) is 3.09. The van der Waals surface area contributed by atoms with Crippen molar-refractivity contribution < 1.29 is 4.42 Å². The lowest BCUT2D eigenvalue weighted by Gasteiger charge is -2.01. The Kier molecular flexibility index (Phi) is 2.87. The molecule has 2 heterocycles. The van der Waals surface area contributed by atoms with Crippen molar-refractivity contribution in [2.75, 3.05) is 5.73 Å². The summed E-state index contributed by atoms with van der Waals surface area (Å²) in [6.07, 6.45) is 0. The van der Waals surface area contributed by atoms with Crippen molar-refractivity contribution in [2.45, 2.75) is 31.0 Å². The first-order chi connectivity index (χ1) is 7.56. The maximum atomic E-state index is 5.83. The molecule has 2 aromatic rings. The number of pyridine rings is 1. The van der Waals surface area contributed by atoms with Gasteiger partial charge in [-0.3, -0.25) is 0 Å². The van der Waals surface area contributed by atoms with E-state index in [0.717, 1.165) is 22.2 Å². The number of aromatic nitrogens is 2. The second-order valence-corrected chi connectivity index (χ2v) is 4.51. The lowest BCUT2D eigenvalue weighted by atomic mass is 10.3. The Hall–Kier alpha value is -1.49. The summed E-state index contributed by atoms with van der Waals surface area (Å²) < 4.78 is 5.47. The molecule has 84 valence electrons. The average molecular weight is 235 g/mol. The summed E-state index contributed by atoms with van der Waals surface area (Å²) in [5, 5.41) is 1.32. The fraction of sp³-hybridized carbons (Fsp3) is 0.273. The Morgan fingerprint density at radius 2 is 1.94 bits per heavy atom. The molecule has 0 aliphatic carbocycles. The molecule has 2 N–H and O–H groups in total. The molecule has 0 fully saturated rings. The fourth-order valence-electron chi connectivity index (χ4n) is 1.20. The zero-order chi connectivity index (χ0) is 11.7. The van der Waals surface area contributed by atoms with Gasteiger partial charge in [0, 0.05) is 5.69 Å². The fourth-order valence-corrected chi connectivity index (χ4v) is 2.09. The Labute approximate surface area is 98.3 Å². The Morgan fingerprint density at radius 1 is 1.19 bits per heavy atom. The van der Waals surface area contributed by atoms with Crippen LogP contribution < -0.4 is 5.73 Å². The van der Waals surface area contributed by atoms with Gasteiger partial charge in [-0.05, 0) is 44.7 Å². The molecule has 0 atom stereocenters. The van der Waals surface area contributed by atoms with Crippen LogP contribution in [0.3, 0.4) is 0 Å². The van der Waals surface area contributed by atoms with Crippen molar-refractivity contribution >= 4 is 17.4 Å². The predicted octanol–water partition coefficient (Wildman–Crippen LogP) is 2.73. The van der Waals surface area contributed by atoms with Crippen molar-refractivity contribution in [2.24, 2.45) is 0 Å². The first-order valence-electron chi connectivity index (χ1n) is 4.91. The summed E-state index contributed by atoms with van der Waals surface area (Å²) in [7, 11) is 0. The van der Waals surface area contributed by atoms with Gasteiger partial charge in [-0.2, -0.15) is 0 Å². The van der Waals surface area contributed by atoms with Crippen LogP contribution in [0.15, 0.2) is 26.8 Å². The first kappa shape index (κ1) is 11.0. The van der Waals surface area contributed by atoms with E-state index < -0.39 is 0 Å². The van der Waals surface area contributed by atoms with Gasteiger partial charge in [0.15, 0.2) is 0 Å². The molecule has 0 radical (unpaired) electrons. The minimum absolute atomic E-state index is 0.583. The number of nitrogens with zero attached hydrogens (tertiary/aromatic N) is 2. The Bertz CT molecular complexity index is 502. The Morgan fingerprint density at radius 3 is 2.56 bits per heavy atom. The van der Waals surface area contributed by atoms with Crippen LogP contribution in [-0.2, 0) is 0 Å². The molecule has 0 aromatic carbocycles. The number of hydrogen-bond donors (Lipinski definition) is 1. The minimum atomic E-state index is 0.583. The van der Waals surface area contributed by atoms with Crippen LogP contribution in [0.25, 0.3) is 0 Å². The summed E-state index contributed by atoms with van der Waals surface area (Å²) in [5.41, 5.74) is 8.30. The summed E-state index contributed by atoms with van der Waals surface area (Å²) in [6, 6.07) is 3.72. The summed E-state index contributed by atoms with van der Waals surface area (Å²) in [6.45, 7) is 5.73. The number of aryl methyl sites for hydroxylation is 3. The van der Waals surface area contributed by atoms with Crippen LogP contribution in [-0.4, -0.2) is 9.97 Å². The van der Waals surface area contributed by atoms with Gasteiger partial charge in [0.1, 0.15) is 10.8 Å². The van der Waals surface area contributed by atoms with Gasteiger partial charge in [0.25, 0.3) is 5.22 Å². The van der Waals surface area contributed by atoms with E-state index in [-0.39, 0.29) is 0 Å². The number of anilines is 1. The quantitative estimate of drug-likeness (QED) is 0.867. The number of nitrogens with two attached hydrogens (primary N) is 1. The third-order valence-electron chi connectivity index (χ3n) is 2.22. The smallest absolute Gasteiger partial charge is 0.262 e. The second kappa shape index (κ2) is 4.17. The molecule has 0 aliphatic rings. The summed E-state index contributed by atoms with van der Waals surface area (Å²) in [4.78, 5) is 8.62. The number of oxazole rings is 1. The molecule has 16 heavy (non-hydrogen) atoms. The van der Waals surface area contributed by atoms with E-state index in [2.05, 4.69) is 9.97 Å². The monoisotopic (exact) mass is 235 g/mol. The van der Waals surface area contributed by atoms with Gasteiger partial charge in [-0.25, -0.2) is 9.97 Å². The average Bonchev–Trinajstić information content (AvgIpc) is 2.52. The second-order valence-electron chi connectivity index (χ2n) is 3.57. The van der Waals surface area contributed by atoms with Crippen LogP contribution in [0.4, 0.5) is 5.69 Å². The van der Waals surface area contributed by atoms with Crippen molar-refractivity contribution in [1.82, 2.24) is 9.97 Å². The standard InChI is InChI=1S/C11H13N3OS/c1-6-4-5-9(12)10(13-6)16-11-14-7(2)8(3)15-11/h4-5H,12H2,1-3H3. The van der Waals surface area contributed by atoms with Crippen LogP contribution in [0.2, 0.25) is 0 Å². The normalized spacial score (nSPS) is 10.7. The molecule has 0 saturated carbocycles. The van der Waals surface area contributed by atoms with Crippen LogP contribution in [0.1, 0.15) is 17.1 Å². The van der Waals surface area contributed by atoms with Crippen molar-refractivity contribution in [1.29, 1.82) is 0 Å². The molecule has 2 aromatic heterocycles. The lowest BCUT2D eigenvalue weighted by Crippen LogP contribution is -1.93. The molecule has 0 amide bonds. The SMILES string of the molecule is Cc1ccc(N)c(Sc2nc(C)c(C)o2)n1. The highest BCUT2D eigenvalue weighted by molar-refractivity contribution is 7.99. The molecule has 5 heteroatoms. The number of hydrogen-bond acceptors (Lipinski definition) is 5. The predicted molar refractivity (Wildman–Crippen MR) is 63.5 cm³/mol. The highest BCUT2D eigenvalue weighted by Gasteiger charge is 2.10. The van der Waals surface area contributed by atoms with E-state index in [4.69, 9.17) is 10.2 Å². The largest absolute Gasteiger partial charge is 0.436 e. The van der Waals surface area contributed by atoms with Crippen LogP contribution in [0, 0.1) is 20.8 Å². The molecule has 2 rings (SSSR count). The van der Waals surface area contributed by atoms with Gasteiger partial charge >= 0.3 is 0 Å². The third kappa shape index (κ3) is 2.19. The van der Waals surface area contributed by atoms with Gasteiger partial charge in [-0.1, -0.05) is 0 Å². The molecule has 0 spiro atoms. The highest BCUT2D eigenvalue weighted by Crippen LogP contribution is 2.30. The molecule has 0 unspecified atom stereocenters. The summed E-state index contributed by atoms with van der Waals surface area (Å²) in [5.74, 6) is 0.828. The number of nitrogen functional groups attached to an aromatic ring is 1. The maximum absolute atomic E-state index is 5.83. The topological polar surface area (TPSA) is 64.9 Å². The van der Waals surface area contributed by atoms with Crippen molar-refractivity contribution in [3.8, 4) is 0 Å². The van der Waals surface area contributed by atoms with E-state index in [9.17, 15) is 0 Å².